The van der Waals surface area contributed by atoms with Gasteiger partial charge in [0.25, 0.3) is 0 Å². The lowest BCUT2D eigenvalue weighted by Gasteiger charge is -2.28. The minimum Gasteiger partial charge on any atom is -0.367 e. The van der Waals surface area contributed by atoms with Crippen LogP contribution in [-0.2, 0) is 17.4 Å². The Morgan fingerprint density at radius 2 is 1.87 bits per heavy atom. The Morgan fingerprint density at radius 1 is 1.10 bits per heavy atom. The van der Waals surface area contributed by atoms with Crippen LogP contribution in [0.4, 0.5) is 18.9 Å². The van der Waals surface area contributed by atoms with Crippen molar-refractivity contribution in [2.75, 3.05) is 18.0 Å². The average Bonchev–Trinajstić information content (AvgIpc) is 3.11. The lowest BCUT2D eigenvalue weighted by molar-refractivity contribution is -0.137. The molecule has 156 valence electrons. The molecule has 0 spiro atoms. The lowest BCUT2D eigenvalue weighted by atomic mass is 9.98. The number of halogens is 3. The smallest absolute Gasteiger partial charge is 0.367 e. The molecular formula is C23H20F3NO2S. The number of alkyl halides is 3. The summed E-state index contributed by atoms with van der Waals surface area (Å²) < 4.78 is 38.1. The fourth-order valence-corrected chi connectivity index (χ4v) is 4.67. The standard InChI is InChI=1S/C23H20F3NO2S/c24-23(25,26)18-4-6-19(7-5-18)27-11-9-15(10-12-27)1-8-20(28)16-2-3-17-14-22(29)30-21(17)13-16/h2-7,9,13H,1,8,10-12,14H2. The minimum atomic E-state index is -4.33. The predicted octanol–water partition coefficient (Wildman–Crippen LogP) is 5.68. The van der Waals surface area contributed by atoms with E-state index in [1.54, 1.807) is 6.07 Å². The van der Waals surface area contributed by atoms with Gasteiger partial charge in [0.2, 0.25) is 0 Å². The van der Waals surface area contributed by atoms with Gasteiger partial charge in [-0.1, -0.05) is 35.5 Å². The first kappa shape index (κ1) is 20.7. The summed E-state index contributed by atoms with van der Waals surface area (Å²) in [7, 11) is 0. The van der Waals surface area contributed by atoms with E-state index in [4.69, 9.17) is 0 Å². The van der Waals surface area contributed by atoms with Gasteiger partial charge < -0.3 is 4.90 Å². The van der Waals surface area contributed by atoms with Gasteiger partial charge in [-0.2, -0.15) is 13.2 Å². The van der Waals surface area contributed by atoms with E-state index in [0.717, 1.165) is 34.7 Å². The molecule has 0 saturated carbocycles. The van der Waals surface area contributed by atoms with Crippen LogP contribution in [0.3, 0.4) is 0 Å². The number of fused-ring (bicyclic) bond motifs is 1. The van der Waals surface area contributed by atoms with Crippen molar-refractivity contribution in [1.29, 1.82) is 0 Å². The van der Waals surface area contributed by atoms with E-state index in [2.05, 4.69) is 6.08 Å². The monoisotopic (exact) mass is 431 g/mol. The third kappa shape index (κ3) is 4.61. The number of nitrogens with zero attached hydrogens (tertiary/aromatic N) is 1. The topological polar surface area (TPSA) is 37.4 Å². The van der Waals surface area contributed by atoms with Crippen molar-refractivity contribution in [3.8, 4) is 0 Å². The van der Waals surface area contributed by atoms with Gasteiger partial charge in [0, 0.05) is 42.1 Å². The number of ketones is 1. The summed E-state index contributed by atoms with van der Waals surface area (Å²) in [6.07, 6.45) is 0.0186. The average molecular weight is 431 g/mol. The Bertz CT molecular complexity index is 1010. The molecule has 0 bridgehead atoms. The highest BCUT2D eigenvalue weighted by Gasteiger charge is 2.30. The highest BCUT2D eigenvalue weighted by Crippen LogP contribution is 2.34. The number of benzene rings is 2. The quantitative estimate of drug-likeness (QED) is 0.451. The molecular weight excluding hydrogens is 411 g/mol. The van der Waals surface area contributed by atoms with Crippen LogP contribution >= 0.6 is 11.8 Å². The zero-order valence-electron chi connectivity index (χ0n) is 16.2. The van der Waals surface area contributed by atoms with Crippen molar-refractivity contribution in [3.05, 3.63) is 70.8 Å². The number of hydrogen-bond donors (Lipinski definition) is 0. The molecule has 0 aliphatic carbocycles. The number of thioether (sulfide) groups is 1. The van der Waals surface area contributed by atoms with Crippen LogP contribution in [0.25, 0.3) is 0 Å². The lowest BCUT2D eigenvalue weighted by Crippen LogP contribution is -2.28. The SMILES string of the molecule is O=C1Cc2ccc(C(=O)CCC3=CCN(c4ccc(C(F)(F)F)cc4)CC3)cc2S1. The second kappa shape index (κ2) is 8.30. The van der Waals surface area contributed by atoms with E-state index in [9.17, 15) is 22.8 Å². The normalized spacial score (nSPS) is 16.4. The number of carbonyl (C=O) groups is 2. The van der Waals surface area contributed by atoms with Gasteiger partial charge in [0.05, 0.1) is 5.56 Å². The molecule has 7 heteroatoms. The molecule has 4 rings (SSSR count). The van der Waals surface area contributed by atoms with Crippen LogP contribution in [0, 0.1) is 0 Å². The summed E-state index contributed by atoms with van der Waals surface area (Å²) in [5.74, 6) is 0.0591. The molecule has 0 amide bonds. The van der Waals surface area contributed by atoms with Gasteiger partial charge in [-0.25, -0.2) is 0 Å². The Hall–Kier alpha value is -2.54. The number of carbonyl (C=O) groups excluding carboxylic acids is 2. The molecule has 2 heterocycles. The summed E-state index contributed by atoms with van der Waals surface area (Å²) in [4.78, 5) is 27.0. The van der Waals surface area contributed by atoms with E-state index in [-0.39, 0.29) is 10.9 Å². The molecule has 2 aromatic rings. The molecule has 0 atom stereocenters. The van der Waals surface area contributed by atoms with Crippen LogP contribution in [0.15, 0.2) is 59.0 Å². The maximum absolute atomic E-state index is 12.7. The summed E-state index contributed by atoms with van der Waals surface area (Å²) in [5.41, 5.74) is 2.93. The van der Waals surface area contributed by atoms with E-state index in [1.807, 2.05) is 17.0 Å². The zero-order chi connectivity index (χ0) is 21.3. The second-order valence-corrected chi connectivity index (χ2v) is 8.60. The van der Waals surface area contributed by atoms with Crippen molar-refractivity contribution in [3.63, 3.8) is 0 Å². The first-order chi connectivity index (χ1) is 14.3. The molecule has 3 nitrogen and oxygen atoms in total. The summed E-state index contributed by atoms with van der Waals surface area (Å²) in [6, 6.07) is 10.7. The van der Waals surface area contributed by atoms with Gasteiger partial charge in [0.1, 0.15) is 0 Å². The van der Waals surface area contributed by atoms with Crippen LogP contribution in [0.1, 0.15) is 40.7 Å². The van der Waals surface area contributed by atoms with Gasteiger partial charge in [-0.3, -0.25) is 9.59 Å². The molecule has 2 aromatic carbocycles. The van der Waals surface area contributed by atoms with Gasteiger partial charge >= 0.3 is 6.18 Å². The Kier molecular flexibility index (Phi) is 5.73. The fraction of sp³-hybridized carbons (Fsp3) is 0.304. The van der Waals surface area contributed by atoms with Gasteiger partial charge in [0.15, 0.2) is 10.9 Å². The van der Waals surface area contributed by atoms with Crippen molar-refractivity contribution in [2.45, 2.75) is 36.8 Å². The summed E-state index contributed by atoms with van der Waals surface area (Å²) in [6.45, 7) is 1.33. The minimum absolute atomic E-state index is 0.0591. The first-order valence-electron chi connectivity index (χ1n) is 9.76. The number of hydrogen-bond acceptors (Lipinski definition) is 4. The molecule has 30 heavy (non-hydrogen) atoms. The molecule has 0 aromatic heterocycles. The first-order valence-corrected chi connectivity index (χ1v) is 10.6. The third-order valence-corrected chi connectivity index (χ3v) is 6.46. The second-order valence-electron chi connectivity index (χ2n) is 7.50. The van der Waals surface area contributed by atoms with Crippen molar-refractivity contribution in [1.82, 2.24) is 0 Å². The number of rotatable bonds is 5. The van der Waals surface area contributed by atoms with E-state index in [0.29, 0.717) is 37.9 Å². The van der Waals surface area contributed by atoms with Gasteiger partial charge in [-0.15, -0.1) is 0 Å². The molecule has 2 aliphatic rings. The number of anilines is 1. The van der Waals surface area contributed by atoms with Crippen LogP contribution in [-0.4, -0.2) is 24.0 Å². The predicted molar refractivity (Wildman–Crippen MR) is 111 cm³/mol. The maximum atomic E-state index is 12.7. The summed E-state index contributed by atoms with van der Waals surface area (Å²) in [5, 5.41) is 0.111. The van der Waals surface area contributed by atoms with Crippen molar-refractivity contribution >= 4 is 28.3 Å². The molecule has 0 unspecified atom stereocenters. The zero-order valence-corrected chi connectivity index (χ0v) is 17.0. The largest absolute Gasteiger partial charge is 0.416 e. The fourth-order valence-electron chi connectivity index (χ4n) is 3.74. The Morgan fingerprint density at radius 3 is 2.53 bits per heavy atom. The molecule has 0 radical (unpaired) electrons. The van der Waals surface area contributed by atoms with Crippen LogP contribution in [0.5, 0.6) is 0 Å². The molecule has 2 aliphatic heterocycles. The van der Waals surface area contributed by atoms with Crippen molar-refractivity contribution in [2.24, 2.45) is 0 Å². The van der Waals surface area contributed by atoms with Crippen LogP contribution in [0.2, 0.25) is 0 Å². The highest BCUT2D eigenvalue weighted by molar-refractivity contribution is 8.14. The van der Waals surface area contributed by atoms with E-state index < -0.39 is 11.7 Å². The highest BCUT2D eigenvalue weighted by atomic mass is 32.2. The Balaban J connectivity index is 1.32. The van der Waals surface area contributed by atoms with E-state index >= 15 is 0 Å². The van der Waals surface area contributed by atoms with Crippen LogP contribution < -0.4 is 4.90 Å². The van der Waals surface area contributed by atoms with Crippen molar-refractivity contribution < 1.29 is 22.8 Å². The number of Topliss-reactive ketones (excluding diaryl/α,β-unsaturated/α-hetero) is 1. The molecule has 0 N–H and O–H groups in total. The molecule has 0 fully saturated rings. The van der Waals surface area contributed by atoms with Gasteiger partial charge in [-0.05, 0) is 48.7 Å². The Labute approximate surface area is 177 Å². The molecule has 0 saturated heterocycles. The van der Waals surface area contributed by atoms with E-state index in [1.165, 1.54) is 29.5 Å². The maximum Gasteiger partial charge on any atom is 0.416 e. The summed E-state index contributed by atoms with van der Waals surface area (Å²) >= 11 is 1.20. The third-order valence-electron chi connectivity index (χ3n) is 5.48.